The minimum absolute atomic E-state index is 0.0217. The van der Waals surface area contributed by atoms with E-state index in [0.29, 0.717) is 0 Å². The van der Waals surface area contributed by atoms with Gasteiger partial charge in [0.1, 0.15) is 12.6 Å². The summed E-state index contributed by atoms with van der Waals surface area (Å²) >= 11 is 0. The van der Waals surface area contributed by atoms with E-state index in [9.17, 15) is 14.4 Å². The smallest absolute Gasteiger partial charge is 0.407 e. The molecule has 0 heterocycles. The lowest BCUT2D eigenvalue weighted by atomic mass is 9.92. The van der Waals surface area contributed by atoms with E-state index in [0.717, 1.165) is 22.3 Å². The highest BCUT2D eigenvalue weighted by Gasteiger charge is 2.29. The number of hydrogen-bond acceptors (Lipinski definition) is 4. The van der Waals surface area contributed by atoms with Crippen LogP contribution in [-0.4, -0.2) is 42.3 Å². The van der Waals surface area contributed by atoms with E-state index in [-0.39, 0.29) is 43.2 Å². The zero-order valence-electron chi connectivity index (χ0n) is 18.6. The first-order valence-electron chi connectivity index (χ1n) is 10.9. The van der Waals surface area contributed by atoms with Crippen molar-refractivity contribution in [3.05, 3.63) is 59.7 Å². The third-order valence-electron chi connectivity index (χ3n) is 5.99. The van der Waals surface area contributed by atoms with Crippen LogP contribution < -0.4 is 10.6 Å². The molecule has 0 bridgehead atoms. The molecule has 2 amide bonds. The molecular formula is C25H30N2O5. The Morgan fingerprint density at radius 1 is 0.969 bits per heavy atom. The van der Waals surface area contributed by atoms with E-state index in [4.69, 9.17) is 9.84 Å². The van der Waals surface area contributed by atoms with Crippen LogP contribution in [-0.2, 0) is 14.3 Å². The van der Waals surface area contributed by atoms with Gasteiger partial charge in [-0.05, 0) is 41.0 Å². The fourth-order valence-electron chi connectivity index (χ4n) is 4.04. The number of benzene rings is 2. The number of carboxylic acid groups (broad SMARTS) is 1. The molecule has 0 spiro atoms. The molecule has 0 saturated carbocycles. The quantitative estimate of drug-likeness (QED) is 0.553. The molecule has 32 heavy (non-hydrogen) atoms. The number of fused-ring (bicyclic) bond motifs is 3. The predicted molar refractivity (Wildman–Crippen MR) is 121 cm³/mol. The number of aliphatic carboxylic acids is 1. The largest absolute Gasteiger partial charge is 0.481 e. The number of rotatable bonds is 9. The van der Waals surface area contributed by atoms with Gasteiger partial charge in [-0.2, -0.15) is 0 Å². The molecule has 7 nitrogen and oxygen atoms in total. The molecule has 1 aliphatic rings. The standard InChI is InChI=1S/C25H30N2O5/c1-15(2)17(12-23(28)29)13-26-24(30)16(3)27-25(31)32-14-22-20-10-6-4-8-18(20)19-9-5-7-11-21(19)22/h4-11,15-17,22H,12-14H2,1-3H3,(H,26,30)(H,27,31)(H,28,29)/t16-,17?/m0/s1. The number of carboxylic acids is 1. The first kappa shape index (κ1) is 23.3. The van der Waals surface area contributed by atoms with Gasteiger partial charge in [0.2, 0.25) is 5.91 Å². The van der Waals surface area contributed by atoms with Gasteiger partial charge < -0.3 is 20.5 Å². The fraction of sp³-hybridized carbons (Fsp3) is 0.400. The maximum Gasteiger partial charge on any atom is 0.407 e. The average Bonchev–Trinajstić information content (AvgIpc) is 3.08. The third kappa shape index (κ3) is 5.46. The molecule has 3 rings (SSSR count). The van der Waals surface area contributed by atoms with Gasteiger partial charge in [-0.1, -0.05) is 62.4 Å². The Morgan fingerprint density at radius 2 is 1.53 bits per heavy atom. The highest BCUT2D eigenvalue weighted by atomic mass is 16.5. The van der Waals surface area contributed by atoms with Crippen LogP contribution in [0.25, 0.3) is 11.1 Å². The molecule has 2 atom stereocenters. The summed E-state index contributed by atoms with van der Waals surface area (Å²) in [4.78, 5) is 35.7. The van der Waals surface area contributed by atoms with E-state index < -0.39 is 18.1 Å². The van der Waals surface area contributed by atoms with Crippen LogP contribution in [0.4, 0.5) is 4.79 Å². The molecule has 0 aromatic heterocycles. The van der Waals surface area contributed by atoms with Gasteiger partial charge in [0.25, 0.3) is 0 Å². The minimum Gasteiger partial charge on any atom is -0.481 e. The van der Waals surface area contributed by atoms with Crippen LogP contribution in [0.3, 0.4) is 0 Å². The molecule has 0 saturated heterocycles. The zero-order valence-corrected chi connectivity index (χ0v) is 18.6. The van der Waals surface area contributed by atoms with Crippen molar-refractivity contribution in [3.8, 4) is 11.1 Å². The normalized spacial score (nSPS) is 14.2. The molecule has 0 aliphatic heterocycles. The van der Waals surface area contributed by atoms with Crippen molar-refractivity contribution in [2.24, 2.45) is 11.8 Å². The van der Waals surface area contributed by atoms with Crippen molar-refractivity contribution in [2.45, 2.75) is 39.2 Å². The number of nitrogens with one attached hydrogen (secondary N) is 2. The van der Waals surface area contributed by atoms with E-state index in [1.165, 1.54) is 0 Å². The summed E-state index contributed by atoms with van der Waals surface area (Å²) in [5, 5.41) is 14.3. The van der Waals surface area contributed by atoms with Gasteiger partial charge in [0.15, 0.2) is 0 Å². The molecule has 3 N–H and O–H groups in total. The molecule has 1 aliphatic carbocycles. The Kier molecular flexibility index (Phi) is 7.51. The number of amides is 2. The molecular weight excluding hydrogens is 408 g/mol. The third-order valence-corrected chi connectivity index (χ3v) is 5.99. The average molecular weight is 439 g/mol. The number of alkyl carbamates (subject to hydrolysis) is 1. The summed E-state index contributed by atoms with van der Waals surface area (Å²) in [7, 11) is 0. The van der Waals surface area contributed by atoms with Gasteiger partial charge in [-0.25, -0.2) is 4.79 Å². The van der Waals surface area contributed by atoms with Gasteiger partial charge in [0, 0.05) is 12.5 Å². The van der Waals surface area contributed by atoms with E-state index in [2.05, 4.69) is 22.8 Å². The molecule has 1 unspecified atom stereocenters. The van der Waals surface area contributed by atoms with Crippen molar-refractivity contribution in [2.75, 3.05) is 13.2 Å². The second-order valence-corrected chi connectivity index (χ2v) is 8.54. The Balaban J connectivity index is 1.53. The minimum atomic E-state index is -0.900. The van der Waals surface area contributed by atoms with Crippen molar-refractivity contribution in [3.63, 3.8) is 0 Å². The Labute approximate surface area is 188 Å². The topological polar surface area (TPSA) is 105 Å². The molecule has 2 aromatic carbocycles. The lowest BCUT2D eigenvalue weighted by molar-refractivity contribution is -0.138. The van der Waals surface area contributed by atoms with Gasteiger partial charge in [-0.15, -0.1) is 0 Å². The van der Waals surface area contributed by atoms with Crippen LogP contribution in [0.15, 0.2) is 48.5 Å². The first-order valence-corrected chi connectivity index (χ1v) is 10.9. The van der Waals surface area contributed by atoms with Crippen molar-refractivity contribution in [1.82, 2.24) is 10.6 Å². The maximum absolute atomic E-state index is 12.4. The Bertz CT molecular complexity index is 942. The molecule has 0 radical (unpaired) electrons. The van der Waals surface area contributed by atoms with Crippen LogP contribution in [0.2, 0.25) is 0 Å². The van der Waals surface area contributed by atoms with Crippen LogP contribution >= 0.6 is 0 Å². The summed E-state index contributed by atoms with van der Waals surface area (Å²) in [5.74, 6) is -1.41. The monoisotopic (exact) mass is 438 g/mol. The molecule has 0 fully saturated rings. The highest BCUT2D eigenvalue weighted by molar-refractivity contribution is 5.85. The summed E-state index contributed by atoms with van der Waals surface area (Å²) in [6, 6.07) is 15.3. The van der Waals surface area contributed by atoms with E-state index >= 15 is 0 Å². The lowest BCUT2D eigenvalue weighted by Crippen LogP contribution is -2.46. The summed E-state index contributed by atoms with van der Waals surface area (Å²) < 4.78 is 5.47. The Hall–Kier alpha value is -3.35. The summed E-state index contributed by atoms with van der Waals surface area (Å²) in [6.07, 6.45) is -0.688. The summed E-state index contributed by atoms with van der Waals surface area (Å²) in [6.45, 7) is 5.80. The second-order valence-electron chi connectivity index (χ2n) is 8.54. The molecule has 7 heteroatoms. The molecule has 2 aromatic rings. The van der Waals surface area contributed by atoms with Gasteiger partial charge in [0.05, 0.1) is 6.42 Å². The second kappa shape index (κ2) is 10.3. The fourth-order valence-corrected chi connectivity index (χ4v) is 4.04. The highest BCUT2D eigenvalue weighted by Crippen LogP contribution is 2.44. The van der Waals surface area contributed by atoms with Gasteiger partial charge in [-0.3, -0.25) is 9.59 Å². The number of carbonyl (C=O) groups is 3. The summed E-state index contributed by atoms with van der Waals surface area (Å²) in [5.41, 5.74) is 4.52. The van der Waals surface area contributed by atoms with Gasteiger partial charge >= 0.3 is 12.1 Å². The SMILES string of the molecule is CC(C)C(CNC(=O)[C@H](C)NC(=O)OCC1c2ccccc2-c2ccccc21)CC(=O)O. The van der Waals surface area contributed by atoms with Crippen molar-refractivity contribution < 1.29 is 24.2 Å². The van der Waals surface area contributed by atoms with Crippen LogP contribution in [0, 0.1) is 11.8 Å². The molecule has 170 valence electrons. The van der Waals surface area contributed by atoms with Crippen LogP contribution in [0.5, 0.6) is 0 Å². The zero-order chi connectivity index (χ0) is 23.3. The van der Waals surface area contributed by atoms with Crippen molar-refractivity contribution >= 4 is 18.0 Å². The van der Waals surface area contributed by atoms with Crippen LogP contribution in [0.1, 0.15) is 44.2 Å². The van der Waals surface area contributed by atoms with Crippen molar-refractivity contribution in [1.29, 1.82) is 0 Å². The Morgan fingerprint density at radius 3 is 2.06 bits per heavy atom. The maximum atomic E-state index is 12.4. The van der Waals surface area contributed by atoms with E-state index in [1.807, 2.05) is 50.2 Å². The number of ether oxygens (including phenoxy) is 1. The number of hydrogen-bond donors (Lipinski definition) is 3. The van der Waals surface area contributed by atoms with E-state index in [1.54, 1.807) is 6.92 Å². The predicted octanol–water partition coefficient (Wildman–Crippen LogP) is 3.78. The first-order chi connectivity index (χ1) is 15.3. The lowest BCUT2D eigenvalue weighted by Gasteiger charge is -2.21. The number of carbonyl (C=O) groups excluding carboxylic acids is 2.